The molecule has 0 radical (unpaired) electrons. The van der Waals surface area contributed by atoms with E-state index in [1.165, 1.54) is 0 Å². The molecule has 0 aliphatic heterocycles. The maximum absolute atomic E-state index is 12.5. The molecular weight excluding hydrogens is 332 g/mol. The zero-order valence-electron chi connectivity index (χ0n) is 16.9. The predicted molar refractivity (Wildman–Crippen MR) is 102 cm³/mol. The van der Waals surface area contributed by atoms with Crippen LogP contribution in [0.2, 0.25) is 0 Å². The highest BCUT2D eigenvalue weighted by atomic mass is 16.6. The molecule has 3 atom stereocenters. The van der Waals surface area contributed by atoms with Crippen molar-refractivity contribution in [3.8, 4) is 0 Å². The summed E-state index contributed by atoms with van der Waals surface area (Å²) in [6.45, 7) is 11.5. The van der Waals surface area contributed by atoms with Gasteiger partial charge in [-0.15, -0.1) is 0 Å². The minimum Gasteiger partial charge on any atom is -0.460 e. The first-order chi connectivity index (χ1) is 11.9. The van der Waals surface area contributed by atoms with Crippen molar-refractivity contribution in [2.75, 3.05) is 6.61 Å². The average Bonchev–Trinajstić information content (AvgIpc) is 2.44. The highest BCUT2D eigenvalue weighted by Gasteiger charge is 2.40. The SMILES string of the molecule is CC(C)(C)OC(=O)C([C@H](O)C[C@H](O)COCc1ccccc1)C(C)(C)C. The van der Waals surface area contributed by atoms with Gasteiger partial charge in [-0.05, 0) is 31.7 Å². The van der Waals surface area contributed by atoms with Crippen LogP contribution in [0.5, 0.6) is 0 Å². The summed E-state index contributed by atoms with van der Waals surface area (Å²) in [5, 5.41) is 20.8. The molecule has 1 rings (SSSR count). The third-order valence-corrected chi connectivity index (χ3v) is 3.91. The summed E-state index contributed by atoms with van der Waals surface area (Å²) < 4.78 is 11.0. The topological polar surface area (TPSA) is 76.0 Å². The van der Waals surface area contributed by atoms with Gasteiger partial charge in [0.1, 0.15) is 5.60 Å². The molecule has 0 aliphatic rings. The van der Waals surface area contributed by atoms with Crippen molar-refractivity contribution in [1.82, 2.24) is 0 Å². The molecule has 0 aromatic heterocycles. The van der Waals surface area contributed by atoms with Crippen molar-refractivity contribution in [3.63, 3.8) is 0 Å². The van der Waals surface area contributed by atoms with Crippen molar-refractivity contribution < 1.29 is 24.5 Å². The first-order valence-electron chi connectivity index (χ1n) is 9.11. The van der Waals surface area contributed by atoms with Crippen LogP contribution in [0.4, 0.5) is 0 Å². The Hall–Kier alpha value is -1.43. The number of hydrogen-bond donors (Lipinski definition) is 2. The summed E-state index contributed by atoms with van der Waals surface area (Å²) in [6, 6.07) is 9.66. The fraction of sp³-hybridized carbons (Fsp3) is 0.667. The lowest BCUT2D eigenvalue weighted by Gasteiger charge is -2.35. The quantitative estimate of drug-likeness (QED) is 0.690. The predicted octanol–water partition coefficient (Wildman–Crippen LogP) is 3.32. The third kappa shape index (κ3) is 8.30. The third-order valence-electron chi connectivity index (χ3n) is 3.91. The van der Waals surface area contributed by atoms with E-state index in [0.717, 1.165) is 5.56 Å². The molecule has 0 amide bonds. The lowest BCUT2D eigenvalue weighted by Crippen LogP contribution is -2.43. The van der Waals surface area contributed by atoms with Crippen LogP contribution in [0.25, 0.3) is 0 Å². The summed E-state index contributed by atoms with van der Waals surface area (Å²) >= 11 is 0. The van der Waals surface area contributed by atoms with Gasteiger partial charge in [0.25, 0.3) is 0 Å². The Morgan fingerprint density at radius 1 is 1.04 bits per heavy atom. The van der Waals surface area contributed by atoms with Crippen molar-refractivity contribution in [1.29, 1.82) is 0 Å². The van der Waals surface area contributed by atoms with E-state index in [1.807, 2.05) is 51.1 Å². The Labute approximate surface area is 157 Å². The van der Waals surface area contributed by atoms with Gasteiger partial charge in [0.15, 0.2) is 0 Å². The number of benzene rings is 1. The fourth-order valence-corrected chi connectivity index (χ4v) is 2.82. The summed E-state index contributed by atoms with van der Waals surface area (Å²) in [5.41, 5.74) is -0.106. The standard InChI is InChI=1S/C21H34O5/c1-20(2,3)18(19(24)26-21(4,5)6)17(23)12-16(22)14-25-13-15-10-8-7-9-11-15/h7-11,16-18,22-23H,12-14H2,1-6H3/t16-,17+,18?/m0/s1. The molecule has 1 aromatic carbocycles. The Morgan fingerprint density at radius 3 is 2.12 bits per heavy atom. The van der Waals surface area contributed by atoms with E-state index < -0.39 is 35.1 Å². The summed E-state index contributed by atoms with van der Waals surface area (Å²) in [5.74, 6) is -1.18. The Morgan fingerprint density at radius 2 is 1.62 bits per heavy atom. The smallest absolute Gasteiger partial charge is 0.312 e. The number of esters is 1. The van der Waals surface area contributed by atoms with Crippen molar-refractivity contribution in [2.24, 2.45) is 11.3 Å². The van der Waals surface area contributed by atoms with Crippen molar-refractivity contribution in [2.45, 2.75) is 72.4 Å². The number of carbonyl (C=O) groups excluding carboxylic acids is 1. The zero-order chi connectivity index (χ0) is 20.0. The molecule has 0 aliphatic carbocycles. The molecule has 26 heavy (non-hydrogen) atoms. The fourth-order valence-electron chi connectivity index (χ4n) is 2.82. The molecule has 0 spiro atoms. The van der Waals surface area contributed by atoms with E-state index in [1.54, 1.807) is 20.8 Å². The Balaban J connectivity index is 2.59. The largest absolute Gasteiger partial charge is 0.460 e. The number of aliphatic hydroxyl groups is 2. The number of rotatable bonds is 8. The van der Waals surface area contributed by atoms with Gasteiger partial charge >= 0.3 is 5.97 Å². The van der Waals surface area contributed by atoms with E-state index in [2.05, 4.69) is 0 Å². The molecule has 0 heterocycles. The highest BCUT2D eigenvalue weighted by molar-refractivity contribution is 5.74. The molecule has 0 fully saturated rings. The number of carbonyl (C=O) groups is 1. The van der Waals surface area contributed by atoms with E-state index >= 15 is 0 Å². The Kier molecular flexibility index (Phi) is 8.25. The average molecular weight is 366 g/mol. The molecule has 1 aromatic rings. The van der Waals surface area contributed by atoms with Crippen LogP contribution in [0.1, 0.15) is 53.5 Å². The van der Waals surface area contributed by atoms with Crippen LogP contribution >= 0.6 is 0 Å². The number of hydrogen-bond acceptors (Lipinski definition) is 5. The van der Waals surface area contributed by atoms with Crippen LogP contribution in [0, 0.1) is 11.3 Å². The molecule has 5 nitrogen and oxygen atoms in total. The molecule has 0 saturated carbocycles. The van der Waals surface area contributed by atoms with E-state index in [-0.39, 0.29) is 13.0 Å². The van der Waals surface area contributed by atoms with Gasteiger partial charge in [-0.3, -0.25) is 4.79 Å². The summed E-state index contributed by atoms with van der Waals surface area (Å²) in [6.07, 6.45) is -1.82. The van der Waals surface area contributed by atoms with Gasteiger partial charge in [-0.1, -0.05) is 51.1 Å². The van der Waals surface area contributed by atoms with Gasteiger partial charge in [0.2, 0.25) is 0 Å². The first kappa shape index (κ1) is 22.6. The molecule has 5 heteroatoms. The second-order valence-corrected chi connectivity index (χ2v) is 8.83. The molecule has 0 bridgehead atoms. The first-order valence-corrected chi connectivity index (χ1v) is 9.11. The van der Waals surface area contributed by atoms with Gasteiger partial charge < -0.3 is 19.7 Å². The van der Waals surface area contributed by atoms with Crippen LogP contribution in [-0.4, -0.2) is 40.6 Å². The number of ether oxygens (including phenoxy) is 2. The molecule has 0 saturated heterocycles. The molecule has 148 valence electrons. The van der Waals surface area contributed by atoms with Crippen molar-refractivity contribution >= 4 is 5.97 Å². The van der Waals surface area contributed by atoms with Crippen LogP contribution < -0.4 is 0 Å². The summed E-state index contributed by atoms with van der Waals surface area (Å²) in [7, 11) is 0. The minimum absolute atomic E-state index is 0.0516. The lowest BCUT2D eigenvalue weighted by atomic mass is 9.76. The maximum atomic E-state index is 12.5. The van der Waals surface area contributed by atoms with Crippen LogP contribution in [-0.2, 0) is 20.9 Å². The van der Waals surface area contributed by atoms with Gasteiger partial charge in [-0.2, -0.15) is 0 Å². The van der Waals surface area contributed by atoms with E-state index in [4.69, 9.17) is 9.47 Å². The monoisotopic (exact) mass is 366 g/mol. The lowest BCUT2D eigenvalue weighted by molar-refractivity contribution is -0.170. The molecular formula is C21H34O5. The molecule has 1 unspecified atom stereocenters. The van der Waals surface area contributed by atoms with Gasteiger partial charge in [0.05, 0.1) is 31.3 Å². The van der Waals surface area contributed by atoms with E-state index in [0.29, 0.717) is 6.61 Å². The van der Waals surface area contributed by atoms with Crippen LogP contribution in [0.3, 0.4) is 0 Å². The zero-order valence-corrected chi connectivity index (χ0v) is 16.9. The second kappa shape index (κ2) is 9.49. The van der Waals surface area contributed by atoms with Gasteiger partial charge in [0, 0.05) is 6.42 Å². The molecule has 2 N–H and O–H groups in total. The van der Waals surface area contributed by atoms with Gasteiger partial charge in [-0.25, -0.2) is 0 Å². The second-order valence-electron chi connectivity index (χ2n) is 8.83. The maximum Gasteiger partial charge on any atom is 0.312 e. The van der Waals surface area contributed by atoms with E-state index in [9.17, 15) is 15.0 Å². The number of aliphatic hydroxyl groups excluding tert-OH is 2. The normalized spacial score (nSPS) is 16.0. The Bertz CT molecular complexity index is 542. The summed E-state index contributed by atoms with van der Waals surface area (Å²) in [4.78, 5) is 12.5. The minimum atomic E-state index is -1.01. The van der Waals surface area contributed by atoms with Crippen LogP contribution in [0.15, 0.2) is 30.3 Å². The highest BCUT2D eigenvalue weighted by Crippen LogP contribution is 2.33. The van der Waals surface area contributed by atoms with Crippen molar-refractivity contribution in [3.05, 3.63) is 35.9 Å².